The Labute approximate surface area is 329 Å². The van der Waals surface area contributed by atoms with Crippen molar-refractivity contribution >= 4 is 30.0 Å². The molecule has 0 unspecified atom stereocenters. The zero-order valence-electron chi connectivity index (χ0n) is 30.0. The molecule has 14 nitrogen and oxygen atoms in total. The van der Waals surface area contributed by atoms with Crippen LogP contribution >= 0.6 is 11.6 Å². The molecule has 0 amide bonds. The van der Waals surface area contributed by atoms with Crippen molar-refractivity contribution in [2.24, 2.45) is 0 Å². The molecular formula is C30H22BClF14N10O4. The lowest BCUT2D eigenvalue weighted by Gasteiger charge is -2.17. The molecule has 2 atom stereocenters. The number of aromatic nitrogens is 10. The molecule has 0 aliphatic rings. The first-order valence-corrected chi connectivity index (χ1v) is 16.3. The third kappa shape index (κ3) is 11.3. The Hall–Kier alpha value is -5.71. The molecule has 0 saturated carbocycles. The second-order valence-electron chi connectivity index (χ2n) is 11.9. The quantitative estimate of drug-likeness (QED) is 0.126. The van der Waals surface area contributed by atoms with Crippen LogP contribution in [0.15, 0.2) is 36.7 Å². The summed E-state index contributed by atoms with van der Waals surface area (Å²) in [6, 6.07) is 3.71. The van der Waals surface area contributed by atoms with Crippen molar-refractivity contribution in [1.82, 2.24) is 49.6 Å². The van der Waals surface area contributed by atoms with E-state index >= 15 is 0 Å². The van der Waals surface area contributed by atoms with Crippen molar-refractivity contribution in [3.63, 3.8) is 0 Å². The summed E-state index contributed by atoms with van der Waals surface area (Å²) in [5.74, 6) is -7.16. The van der Waals surface area contributed by atoms with Gasteiger partial charge in [0.15, 0.2) is 35.1 Å². The van der Waals surface area contributed by atoms with Crippen LogP contribution in [0.2, 0.25) is 11.8 Å². The normalized spacial score (nSPS) is 13.3. The third-order valence-electron chi connectivity index (χ3n) is 7.10. The predicted molar refractivity (Wildman–Crippen MR) is 176 cm³/mol. The van der Waals surface area contributed by atoms with E-state index in [2.05, 4.69) is 50.0 Å². The minimum absolute atomic E-state index is 0.0641. The Morgan fingerprint density at radius 3 is 1.37 bits per heavy atom. The number of pyridine rings is 2. The van der Waals surface area contributed by atoms with Gasteiger partial charge in [0.05, 0.1) is 10.7 Å². The molecule has 0 aromatic carbocycles. The molecule has 2 N–H and O–H groups in total. The van der Waals surface area contributed by atoms with Gasteiger partial charge in [-0.2, -0.15) is 71.9 Å². The topological polar surface area (TPSA) is 171 Å². The maximum atomic E-state index is 14.1. The number of ether oxygens (including phenoxy) is 2. The van der Waals surface area contributed by atoms with Crippen molar-refractivity contribution in [2.75, 3.05) is 0 Å². The summed E-state index contributed by atoms with van der Waals surface area (Å²) in [5.41, 5.74) is -0.827. The molecule has 30 heteroatoms. The van der Waals surface area contributed by atoms with Gasteiger partial charge >= 0.3 is 31.8 Å². The number of rotatable bonds is 6. The Balaban J connectivity index is 0.000000243. The van der Waals surface area contributed by atoms with Gasteiger partial charge in [-0.3, -0.25) is 0 Å². The molecule has 6 rings (SSSR count). The summed E-state index contributed by atoms with van der Waals surface area (Å²) in [6.45, 7) is 4.10. The third-order valence-corrected chi connectivity index (χ3v) is 7.39. The molecule has 6 aromatic heterocycles. The Bertz CT molecular complexity index is 2290. The predicted octanol–water partition coefficient (Wildman–Crippen LogP) is 7.40. The highest BCUT2D eigenvalue weighted by atomic mass is 35.5. The van der Waals surface area contributed by atoms with E-state index in [4.69, 9.17) is 21.6 Å². The first-order valence-electron chi connectivity index (χ1n) is 15.9. The molecule has 6 aromatic rings. The Morgan fingerprint density at radius 2 is 1.00 bits per heavy atom. The smallest absolute Gasteiger partial charge is 0.453 e. The number of alkyl halides is 12. The molecule has 0 fully saturated rings. The molecule has 0 saturated heterocycles. The highest BCUT2D eigenvalue weighted by molar-refractivity contribution is 6.39. The fraction of sp³-hybridized carbons (Fsp3) is 0.333. The van der Waals surface area contributed by atoms with Crippen molar-refractivity contribution in [3.8, 4) is 34.3 Å². The van der Waals surface area contributed by atoms with Crippen LogP contribution in [0.25, 0.3) is 33.8 Å². The van der Waals surface area contributed by atoms with E-state index in [1.165, 1.54) is 19.8 Å². The lowest BCUT2D eigenvalue weighted by molar-refractivity contribution is -0.190. The molecule has 0 spiro atoms. The van der Waals surface area contributed by atoms with Crippen molar-refractivity contribution < 1.29 is 81.0 Å². The Kier molecular flexibility index (Phi) is 13.7. The lowest BCUT2D eigenvalue weighted by atomic mass is 9.99. The summed E-state index contributed by atoms with van der Waals surface area (Å²) in [7, 11) is -1.17. The maximum Gasteiger partial charge on any atom is 0.453 e. The van der Waals surface area contributed by atoms with E-state index in [1.54, 1.807) is 0 Å². The largest absolute Gasteiger partial charge is 0.463 e. The van der Waals surface area contributed by atoms with Gasteiger partial charge in [-0.15, -0.1) is 20.4 Å². The van der Waals surface area contributed by atoms with Crippen molar-refractivity contribution in [2.45, 2.75) is 64.5 Å². The second-order valence-corrected chi connectivity index (χ2v) is 12.3. The van der Waals surface area contributed by atoms with E-state index in [1.807, 2.05) is 0 Å². The standard InChI is InChI=1S/C15H10F7N5O.C14H7ClF7N5O.CH5BO2/c1-6-3-10-24-25-13(15(20,21)22)27(10)26-11(6)8-4-9(16)12(23-5-8)28-7(2)14(17,18)19;1-5(13(17,18)19)28-11-8(16)2-6(4-23-11)10-7(15)3-9-24-25-12(14(20,21)22)27(9)26-10;1-2(3)4/h3-5,7H,1-2H3;2-5H,1H3;3-4H,1H3/t7-;5-;/m11./s1. The molecule has 0 aliphatic heterocycles. The zero-order chi connectivity index (χ0) is 45.3. The summed E-state index contributed by atoms with van der Waals surface area (Å²) in [4.78, 5) is 6.92. The monoisotopic (exact) mass is 898 g/mol. The molecule has 0 bridgehead atoms. The summed E-state index contributed by atoms with van der Waals surface area (Å²) >= 11 is 5.94. The van der Waals surface area contributed by atoms with Crippen LogP contribution in [-0.4, -0.2) is 91.3 Å². The minimum atomic E-state index is -4.87. The second kappa shape index (κ2) is 17.5. The summed E-state index contributed by atoms with van der Waals surface area (Å²) in [5, 5.41) is 35.2. The van der Waals surface area contributed by atoms with Crippen LogP contribution in [0.4, 0.5) is 61.5 Å². The number of hydrogen-bond donors (Lipinski definition) is 2. The maximum absolute atomic E-state index is 14.1. The number of nitrogens with zero attached hydrogens (tertiary/aromatic N) is 10. The first kappa shape index (κ1) is 47.0. The van der Waals surface area contributed by atoms with E-state index in [0.717, 1.165) is 24.5 Å². The van der Waals surface area contributed by atoms with Gasteiger partial charge in [-0.1, -0.05) is 11.6 Å². The average Bonchev–Trinajstić information content (AvgIpc) is 3.72. The van der Waals surface area contributed by atoms with E-state index < -0.39 is 79.1 Å². The highest BCUT2D eigenvalue weighted by Gasteiger charge is 2.41. The van der Waals surface area contributed by atoms with Gasteiger partial charge in [0.2, 0.25) is 0 Å². The van der Waals surface area contributed by atoms with Crippen LogP contribution in [0.5, 0.6) is 11.8 Å². The first-order chi connectivity index (χ1) is 27.5. The van der Waals surface area contributed by atoms with E-state index in [9.17, 15) is 61.5 Å². The Morgan fingerprint density at radius 1 is 0.633 bits per heavy atom. The van der Waals surface area contributed by atoms with Crippen molar-refractivity contribution in [1.29, 1.82) is 0 Å². The van der Waals surface area contributed by atoms with Gasteiger partial charge in [0.1, 0.15) is 5.69 Å². The van der Waals surface area contributed by atoms with Crippen molar-refractivity contribution in [3.05, 3.63) is 70.5 Å². The van der Waals surface area contributed by atoms with Crippen LogP contribution < -0.4 is 9.47 Å². The molecular weight excluding hydrogens is 877 g/mol. The molecule has 324 valence electrons. The van der Waals surface area contributed by atoms with Crippen LogP contribution in [0.1, 0.15) is 31.1 Å². The highest BCUT2D eigenvalue weighted by Crippen LogP contribution is 2.34. The number of halogens is 15. The fourth-order valence-corrected chi connectivity index (χ4v) is 4.56. The van der Waals surface area contributed by atoms with Crippen LogP contribution in [0.3, 0.4) is 0 Å². The van der Waals surface area contributed by atoms with Gasteiger partial charge in [0.25, 0.3) is 23.4 Å². The molecule has 0 aliphatic carbocycles. The van der Waals surface area contributed by atoms with Gasteiger partial charge in [-0.05, 0) is 51.4 Å². The minimum Gasteiger partial charge on any atom is -0.463 e. The van der Waals surface area contributed by atoms with E-state index in [0.29, 0.717) is 34.5 Å². The van der Waals surface area contributed by atoms with Gasteiger partial charge in [0, 0.05) is 29.6 Å². The van der Waals surface area contributed by atoms with Gasteiger partial charge < -0.3 is 19.5 Å². The average molecular weight is 899 g/mol. The number of aryl methyl sites for hydroxylation is 1. The SMILES string of the molecule is CB(O)O.C[C@@H](Oc1ncc(-c2nn3c(C(F)(F)F)nnc3cc2Cl)cc1F)C(F)(F)F.Cc1cc2nnc(C(F)(F)F)n2nc1-c1cnc(O[C@H](C)C(F)(F)F)c(F)c1. The van der Waals surface area contributed by atoms with E-state index in [-0.39, 0.29) is 38.8 Å². The molecule has 6 heterocycles. The summed E-state index contributed by atoms with van der Waals surface area (Å²) in [6.07, 6.45) is -22.0. The molecule has 0 radical (unpaired) electrons. The fourth-order valence-electron chi connectivity index (χ4n) is 4.32. The van der Waals surface area contributed by atoms with Gasteiger partial charge in [-0.25, -0.2) is 18.7 Å². The molecule has 60 heavy (non-hydrogen) atoms. The number of fused-ring (bicyclic) bond motifs is 2. The lowest BCUT2D eigenvalue weighted by Crippen LogP contribution is -2.31. The zero-order valence-corrected chi connectivity index (χ0v) is 30.8. The van der Waals surface area contributed by atoms with Crippen LogP contribution in [0, 0.1) is 18.6 Å². The van der Waals surface area contributed by atoms with Crippen LogP contribution in [-0.2, 0) is 12.4 Å². The number of hydrogen-bond acceptors (Lipinski definition) is 12. The summed E-state index contributed by atoms with van der Waals surface area (Å²) < 4.78 is 191.